The van der Waals surface area contributed by atoms with Gasteiger partial charge in [-0.25, -0.2) is 4.79 Å². The van der Waals surface area contributed by atoms with Gasteiger partial charge in [0.25, 0.3) is 0 Å². The summed E-state index contributed by atoms with van der Waals surface area (Å²) in [6.45, 7) is 8.47. The Morgan fingerprint density at radius 3 is 2.26 bits per heavy atom. The SMILES string of the molecule is COc1cc(CC(C)(C)NC[C@@H](O)COC(C)c2ccccc2-c2ccc(C(=O)O)c(C)c2)cc(OC)c1. The molecule has 0 bridgehead atoms. The van der Waals surface area contributed by atoms with Crippen molar-refractivity contribution in [2.75, 3.05) is 27.4 Å². The van der Waals surface area contributed by atoms with E-state index in [2.05, 4.69) is 19.2 Å². The highest BCUT2D eigenvalue weighted by molar-refractivity contribution is 5.90. The summed E-state index contributed by atoms with van der Waals surface area (Å²) in [5.74, 6) is 0.546. The second-order valence-corrected chi connectivity index (χ2v) is 10.2. The van der Waals surface area contributed by atoms with Crippen LogP contribution in [0.1, 0.15) is 53.9 Å². The molecule has 0 saturated carbocycles. The van der Waals surface area contributed by atoms with Gasteiger partial charge < -0.3 is 29.7 Å². The summed E-state index contributed by atoms with van der Waals surface area (Å²) in [6.07, 6.45) is -0.240. The summed E-state index contributed by atoms with van der Waals surface area (Å²) >= 11 is 0. The number of aliphatic hydroxyl groups excluding tert-OH is 1. The van der Waals surface area contributed by atoms with Crippen molar-refractivity contribution in [3.05, 3.63) is 82.9 Å². The van der Waals surface area contributed by atoms with E-state index in [-0.39, 0.29) is 18.2 Å². The van der Waals surface area contributed by atoms with E-state index >= 15 is 0 Å². The number of rotatable bonds is 13. The summed E-state index contributed by atoms with van der Waals surface area (Å²) in [6, 6.07) is 19.0. The molecule has 0 amide bonds. The molecule has 7 heteroatoms. The van der Waals surface area contributed by atoms with Crippen molar-refractivity contribution in [3.8, 4) is 22.6 Å². The predicted molar refractivity (Wildman–Crippen MR) is 149 cm³/mol. The van der Waals surface area contributed by atoms with Crippen LogP contribution in [0.25, 0.3) is 11.1 Å². The summed E-state index contributed by atoms with van der Waals surface area (Å²) in [4.78, 5) is 11.4. The van der Waals surface area contributed by atoms with Gasteiger partial charge in [-0.3, -0.25) is 0 Å². The molecule has 0 radical (unpaired) electrons. The summed E-state index contributed by atoms with van der Waals surface area (Å²) in [7, 11) is 3.27. The molecule has 0 spiro atoms. The van der Waals surface area contributed by atoms with Crippen LogP contribution in [0.5, 0.6) is 11.5 Å². The summed E-state index contributed by atoms with van der Waals surface area (Å²) < 4.78 is 16.8. The number of carboxylic acid groups (broad SMARTS) is 1. The van der Waals surface area contributed by atoms with E-state index in [0.29, 0.717) is 17.7 Å². The van der Waals surface area contributed by atoms with E-state index in [9.17, 15) is 15.0 Å². The van der Waals surface area contributed by atoms with Crippen molar-refractivity contribution >= 4 is 5.97 Å². The number of benzene rings is 3. The van der Waals surface area contributed by atoms with E-state index in [1.807, 2.05) is 61.5 Å². The molecule has 3 aromatic carbocycles. The molecule has 0 saturated heterocycles. The van der Waals surface area contributed by atoms with Crippen molar-refractivity contribution in [3.63, 3.8) is 0 Å². The van der Waals surface area contributed by atoms with Gasteiger partial charge in [-0.05, 0) is 80.1 Å². The van der Waals surface area contributed by atoms with Crippen molar-refractivity contribution in [1.29, 1.82) is 0 Å². The molecule has 204 valence electrons. The fourth-order valence-corrected chi connectivity index (χ4v) is 4.53. The summed E-state index contributed by atoms with van der Waals surface area (Å²) in [5, 5.41) is 23.4. The maximum atomic E-state index is 11.4. The van der Waals surface area contributed by atoms with Gasteiger partial charge in [0.15, 0.2) is 0 Å². The van der Waals surface area contributed by atoms with E-state index in [4.69, 9.17) is 14.2 Å². The highest BCUT2D eigenvalue weighted by atomic mass is 16.5. The first kappa shape index (κ1) is 29.2. The molecule has 0 heterocycles. The monoisotopic (exact) mass is 521 g/mol. The molecule has 3 N–H and O–H groups in total. The maximum absolute atomic E-state index is 11.4. The molecule has 0 aliphatic heterocycles. The Kier molecular flexibility index (Phi) is 9.91. The Balaban J connectivity index is 1.59. The quantitative estimate of drug-likeness (QED) is 0.276. The smallest absolute Gasteiger partial charge is 0.335 e. The van der Waals surface area contributed by atoms with Crippen molar-refractivity contribution < 1.29 is 29.2 Å². The van der Waals surface area contributed by atoms with Gasteiger partial charge in [0.2, 0.25) is 0 Å². The number of aryl methyl sites for hydroxylation is 1. The number of carboxylic acids is 1. The number of hydrogen-bond donors (Lipinski definition) is 3. The van der Waals surface area contributed by atoms with Crippen LogP contribution in [0, 0.1) is 6.92 Å². The van der Waals surface area contributed by atoms with Gasteiger partial charge in [0.05, 0.1) is 38.6 Å². The topological polar surface area (TPSA) is 97.2 Å². The molecule has 0 fully saturated rings. The Hall–Kier alpha value is -3.39. The Labute approximate surface area is 225 Å². The third-order valence-corrected chi connectivity index (χ3v) is 6.58. The first-order valence-electron chi connectivity index (χ1n) is 12.7. The lowest BCUT2D eigenvalue weighted by atomic mass is 9.94. The molecule has 0 aliphatic rings. The lowest BCUT2D eigenvalue weighted by Gasteiger charge is -2.29. The van der Waals surface area contributed by atoms with Crippen LogP contribution in [0.2, 0.25) is 0 Å². The molecule has 3 aromatic rings. The van der Waals surface area contributed by atoms with Gasteiger partial charge in [-0.15, -0.1) is 0 Å². The van der Waals surface area contributed by atoms with Crippen LogP contribution >= 0.6 is 0 Å². The van der Waals surface area contributed by atoms with E-state index < -0.39 is 12.1 Å². The van der Waals surface area contributed by atoms with E-state index in [0.717, 1.165) is 40.2 Å². The average Bonchev–Trinajstić information content (AvgIpc) is 2.89. The largest absolute Gasteiger partial charge is 0.497 e. The Morgan fingerprint density at radius 1 is 1.00 bits per heavy atom. The fraction of sp³-hybridized carbons (Fsp3) is 0.387. The molecule has 2 atom stereocenters. The Morgan fingerprint density at radius 2 is 1.66 bits per heavy atom. The average molecular weight is 522 g/mol. The van der Waals surface area contributed by atoms with Gasteiger partial charge >= 0.3 is 5.97 Å². The number of aliphatic hydroxyl groups is 1. The molecule has 1 unspecified atom stereocenters. The molecule has 0 aliphatic carbocycles. The van der Waals surface area contributed by atoms with Gasteiger partial charge in [-0.1, -0.05) is 36.4 Å². The first-order valence-corrected chi connectivity index (χ1v) is 12.7. The Bertz CT molecular complexity index is 1220. The number of hydrogen-bond acceptors (Lipinski definition) is 6. The van der Waals surface area contributed by atoms with Crippen LogP contribution in [0.15, 0.2) is 60.7 Å². The highest BCUT2D eigenvalue weighted by Crippen LogP contribution is 2.31. The minimum Gasteiger partial charge on any atom is -0.497 e. The number of carbonyl (C=O) groups is 1. The second-order valence-electron chi connectivity index (χ2n) is 10.2. The third-order valence-electron chi connectivity index (χ3n) is 6.58. The zero-order valence-corrected chi connectivity index (χ0v) is 23.1. The van der Waals surface area contributed by atoms with Crippen LogP contribution in [-0.4, -0.2) is 55.2 Å². The zero-order chi connectivity index (χ0) is 27.9. The predicted octanol–water partition coefficient (Wildman–Crippen LogP) is 5.43. The van der Waals surface area contributed by atoms with Crippen molar-refractivity contribution in [2.24, 2.45) is 0 Å². The van der Waals surface area contributed by atoms with Crippen LogP contribution in [0.3, 0.4) is 0 Å². The van der Waals surface area contributed by atoms with Gasteiger partial charge in [0.1, 0.15) is 11.5 Å². The number of β-amino-alcohol motifs (C(OH)–C–C–N with tert-alkyl or cyclic N) is 1. The van der Waals surface area contributed by atoms with Crippen molar-refractivity contribution in [2.45, 2.75) is 51.9 Å². The maximum Gasteiger partial charge on any atom is 0.335 e. The van der Waals surface area contributed by atoms with Crippen LogP contribution < -0.4 is 14.8 Å². The van der Waals surface area contributed by atoms with Crippen molar-refractivity contribution in [1.82, 2.24) is 5.32 Å². The van der Waals surface area contributed by atoms with Gasteiger partial charge in [0, 0.05) is 18.2 Å². The highest BCUT2D eigenvalue weighted by Gasteiger charge is 2.21. The first-order chi connectivity index (χ1) is 18.0. The van der Waals surface area contributed by atoms with Gasteiger partial charge in [-0.2, -0.15) is 0 Å². The molecule has 38 heavy (non-hydrogen) atoms. The molecule has 7 nitrogen and oxygen atoms in total. The minimum atomic E-state index is -0.937. The number of nitrogens with one attached hydrogen (secondary N) is 1. The normalized spacial score (nSPS) is 13.1. The number of aromatic carboxylic acids is 1. The van der Waals surface area contributed by atoms with Crippen LogP contribution in [-0.2, 0) is 11.2 Å². The fourth-order valence-electron chi connectivity index (χ4n) is 4.53. The molecular weight excluding hydrogens is 482 g/mol. The summed E-state index contributed by atoms with van der Waals surface area (Å²) in [5.41, 5.74) is 4.66. The number of ether oxygens (including phenoxy) is 3. The number of methoxy groups -OCH3 is 2. The zero-order valence-electron chi connectivity index (χ0n) is 23.1. The molecule has 3 rings (SSSR count). The standard InChI is InChI=1S/C31H39NO6/c1-20-13-23(11-12-27(20)30(34)35)29-10-8-7-9-28(29)21(2)38-19-24(33)18-32-31(3,4)17-22-14-25(36-5)16-26(15-22)37-6/h7-16,21,24,32-33H,17-19H2,1-6H3,(H,34,35)/t21?,24-/m1/s1. The van der Waals surface area contributed by atoms with E-state index in [1.165, 1.54) is 0 Å². The van der Waals surface area contributed by atoms with Crippen LogP contribution in [0.4, 0.5) is 0 Å². The minimum absolute atomic E-state index is 0.169. The molecular formula is C31H39NO6. The van der Waals surface area contributed by atoms with E-state index in [1.54, 1.807) is 27.2 Å². The third kappa shape index (κ3) is 7.81. The lowest BCUT2D eigenvalue weighted by molar-refractivity contribution is -0.00397. The molecule has 0 aromatic heterocycles. The lowest BCUT2D eigenvalue weighted by Crippen LogP contribution is -2.46. The second kappa shape index (κ2) is 12.9.